The summed E-state index contributed by atoms with van der Waals surface area (Å²) in [7, 11) is 0. The molecule has 21 heavy (non-hydrogen) atoms. The molecule has 3 rings (SSSR count). The number of non-ortho nitro benzene ring substituents is 1. The van der Waals surface area contributed by atoms with Crippen LogP contribution in [0.5, 0.6) is 5.75 Å². The van der Waals surface area contributed by atoms with Gasteiger partial charge in [-0.05, 0) is 22.9 Å². The van der Waals surface area contributed by atoms with Crippen LogP contribution in [0.25, 0.3) is 10.8 Å². The Kier molecular flexibility index (Phi) is 3.03. The van der Waals surface area contributed by atoms with Gasteiger partial charge in [0.15, 0.2) is 0 Å². The van der Waals surface area contributed by atoms with Gasteiger partial charge in [0.1, 0.15) is 12.1 Å². The van der Waals surface area contributed by atoms with Crippen LogP contribution in [0.1, 0.15) is 5.56 Å². The summed E-state index contributed by atoms with van der Waals surface area (Å²) in [4.78, 5) is 18.2. The van der Waals surface area contributed by atoms with Gasteiger partial charge in [0.25, 0.3) is 5.69 Å². The highest BCUT2D eigenvalue weighted by molar-refractivity contribution is 6.03. The first kappa shape index (κ1) is 12.7. The Morgan fingerprint density at radius 2 is 2.19 bits per heavy atom. The summed E-state index contributed by atoms with van der Waals surface area (Å²) in [6.45, 7) is 0. The maximum atomic E-state index is 10.8. The normalized spacial score (nSPS) is 11.2. The van der Waals surface area contributed by atoms with Gasteiger partial charge >= 0.3 is 0 Å². The van der Waals surface area contributed by atoms with Crippen LogP contribution in [0.15, 0.2) is 41.7 Å². The molecule has 0 unspecified atom stereocenters. The standard InChI is InChI=1S/C13H9N5O3/c19-12-4-1-8-5-9(18(20)21)2-3-10(8)11(12)6-14-13-15-7-16-17-13/h1-7,19H,(H,15,16,17). The van der Waals surface area contributed by atoms with Crippen molar-refractivity contribution in [1.82, 2.24) is 15.2 Å². The molecule has 0 bridgehead atoms. The molecular weight excluding hydrogens is 274 g/mol. The maximum absolute atomic E-state index is 10.8. The molecule has 8 nitrogen and oxygen atoms in total. The van der Waals surface area contributed by atoms with Gasteiger partial charge in [0, 0.05) is 23.9 Å². The quantitative estimate of drug-likeness (QED) is 0.434. The molecule has 0 spiro atoms. The van der Waals surface area contributed by atoms with Gasteiger partial charge in [-0.2, -0.15) is 10.1 Å². The lowest BCUT2D eigenvalue weighted by Crippen LogP contribution is -1.90. The number of aliphatic imine (C=N–C) groups is 1. The van der Waals surface area contributed by atoms with Crippen molar-refractivity contribution in [3.8, 4) is 5.75 Å². The number of rotatable bonds is 3. The monoisotopic (exact) mass is 283 g/mol. The number of hydrogen-bond acceptors (Lipinski definition) is 6. The highest BCUT2D eigenvalue weighted by Crippen LogP contribution is 2.28. The molecular formula is C13H9N5O3. The van der Waals surface area contributed by atoms with E-state index in [0.717, 1.165) is 0 Å². The van der Waals surface area contributed by atoms with E-state index >= 15 is 0 Å². The van der Waals surface area contributed by atoms with Crippen molar-refractivity contribution < 1.29 is 10.0 Å². The first-order valence-corrected chi connectivity index (χ1v) is 5.95. The molecule has 8 heteroatoms. The number of nitro benzene ring substituents is 1. The van der Waals surface area contributed by atoms with Gasteiger partial charge in [-0.1, -0.05) is 6.07 Å². The summed E-state index contributed by atoms with van der Waals surface area (Å²) in [5.74, 6) is 0.327. The summed E-state index contributed by atoms with van der Waals surface area (Å²) < 4.78 is 0. The van der Waals surface area contributed by atoms with Crippen LogP contribution in [0.2, 0.25) is 0 Å². The highest BCUT2D eigenvalue weighted by Gasteiger charge is 2.10. The second kappa shape index (κ2) is 5.00. The lowest BCUT2D eigenvalue weighted by atomic mass is 10.0. The molecule has 0 saturated heterocycles. The third kappa shape index (κ3) is 2.41. The first-order valence-electron chi connectivity index (χ1n) is 5.95. The Labute approximate surface area is 117 Å². The first-order chi connectivity index (χ1) is 10.1. The average Bonchev–Trinajstić information content (AvgIpc) is 2.99. The zero-order valence-electron chi connectivity index (χ0n) is 10.6. The van der Waals surface area contributed by atoms with Crippen LogP contribution < -0.4 is 0 Å². The summed E-state index contributed by atoms with van der Waals surface area (Å²) in [5, 5.41) is 28.3. The van der Waals surface area contributed by atoms with Crippen molar-refractivity contribution in [2.45, 2.75) is 0 Å². The predicted molar refractivity (Wildman–Crippen MR) is 75.9 cm³/mol. The number of nitrogens with zero attached hydrogens (tertiary/aromatic N) is 4. The maximum Gasteiger partial charge on any atom is 0.270 e. The Balaban J connectivity index is 2.12. The van der Waals surface area contributed by atoms with Gasteiger partial charge in [0.2, 0.25) is 5.95 Å². The lowest BCUT2D eigenvalue weighted by Gasteiger charge is -2.04. The number of aromatic amines is 1. The Morgan fingerprint density at radius 3 is 2.90 bits per heavy atom. The Hall–Kier alpha value is -3.29. The predicted octanol–water partition coefficient (Wildman–Crippen LogP) is 2.32. The van der Waals surface area contributed by atoms with E-state index in [0.29, 0.717) is 22.3 Å². The fourth-order valence-corrected chi connectivity index (χ4v) is 1.97. The Morgan fingerprint density at radius 1 is 1.33 bits per heavy atom. The number of aromatic hydroxyl groups is 1. The molecule has 1 heterocycles. The summed E-state index contributed by atoms with van der Waals surface area (Å²) in [5.41, 5.74) is 0.449. The van der Waals surface area contributed by atoms with Gasteiger partial charge in [-0.3, -0.25) is 10.1 Å². The minimum atomic E-state index is -0.464. The molecule has 0 atom stereocenters. The van der Waals surface area contributed by atoms with E-state index in [1.807, 2.05) is 0 Å². The average molecular weight is 283 g/mol. The molecule has 2 N–H and O–H groups in total. The number of hydrogen-bond donors (Lipinski definition) is 2. The SMILES string of the molecule is O=[N+]([O-])c1ccc2c(C=Nc3ncn[nH]3)c(O)ccc2c1. The lowest BCUT2D eigenvalue weighted by molar-refractivity contribution is -0.384. The van der Waals surface area contributed by atoms with Crippen molar-refractivity contribution in [3.63, 3.8) is 0 Å². The minimum absolute atomic E-state index is 0.00804. The van der Waals surface area contributed by atoms with Crippen molar-refractivity contribution in [3.05, 3.63) is 52.3 Å². The van der Waals surface area contributed by atoms with Crippen LogP contribution in [-0.4, -0.2) is 31.4 Å². The van der Waals surface area contributed by atoms with E-state index in [-0.39, 0.29) is 11.4 Å². The van der Waals surface area contributed by atoms with E-state index in [1.165, 1.54) is 30.7 Å². The number of nitro groups is 1. The molecule has 0 aliphatic heterocycles. The zero-order valence-corrected chi connectivity index (χ0v) is 10.6. The molecule has 1 aromatic heterocycles. The second-order valence-corrected chi connectivity index (χ2v) is 4.23. The molecule has 0 aliphatic rings. The summed E-state index contributed by atoms with van der Waals surface area (Å²) >= 11 is 0. The zero-order chi connectivity index (χ0) is 14.8. The molecule has 0 aliphatic carbocycles. The number of nitrogens with one attached hydrogen (secondary N) is 1. The fraction of sp³-hybridized carbons (Fsp3) is 0. The minimum Gasteiger partial charge on any atom is -0.507 e. The number of aromatic nitrogens is 3. The largest absolute Gasteiger partial charge is 0.507 e. The molecule has 0 saturated carbocycles. The number of H-pyrrole nitrogens is 1. The molecule has 0 radical (unpaired) electrons. The Bertz CT molecular complexity index is 842. The van der Waals surface area contributed by atoms with Crippen LogP contribution in [0.3, 0.4) is 0 Å². The number of fused-ring (bicyclic) bond motifs is 1. The van der Waals surface area contributed by atoms with Crippen molar-refractivity contribution in [1.29, 1.82) is 0 Å². The topological polar surface area (TPSA) is 117 Å². The van der Waals surface area contributed by atoms with E-state index in [9.17, 15) is 15.2 Å². The van der Waals surface area contributed by atoms with Gasteiger partial charge in [0.05, 0.1) is 4.92 Å². The summed E-state index contributed by atoms with van der Waals surface area (Å²) in [6.07, 6.45) is 2.75. The van der Waals surface area contributed by atoms with E-state index in [1.54, 1.807) is 12.1 Å². The van der Waals surface area contributed by atoms with Crippen molar-refractivity contribution in [2.24, 2.45) is 4.99 Å². The van der Waals surface area contributed by atoms with Gasteiger partial charge in [-0.15, -0.1) is 0 Å². The van der Waals surface area contributed by atoms with E-state index < -0.39 is 4.92 Å². The van der Waals surface area contributed by atoms with Crippen LogP contribution in [-0.2, 0) is 0 Å². The number of phenols is 1. The molecule has 0 fully saturated rings. The molecule has 2 aromatic carbocycles. The van der Waals surface area contributed by atoms with Crippen LogP contribution >= 0.6 is 0 Å². The van der Waals surface area contributed by atoms with Gasteiger partial charge in [-0.25, -0.2) is 10.1 Å². The van der Waals surface area contributed by atoms with E-state index in [2.05, 4.69) is 20.2 Å². The second-order valence-electron chi connectivity index (χ2n) is 4.23. The smallest absolute Gasteiger partial charge is 0.270 e. The van der Waals surface area contributed by atoms with Crippen LogP contribution in [0, 0.1) is 10.1 Å². The third-order valence-corrected chi connectivity index (χ3v) is 2.95. The highest BCUT2D eigenvalue weighted by atomic mass is 16.6. The van der Waals surface area contributed by atoms with Gasteiger partial charge < -0.3 is 5.11 Å². The van der Waals surface area contributed by atoms with E-state index in [4.69, 9.17) is 0 Å². The molecule has 3 aromatic rings. The molecule has 0 amide bonds. The van der Waals surface area contributed by atoms with Crippen molar-refractivity contribution >= 4 is 28.6 Å². The van der Waals surface area contributed by atoms with Crippen LogP contribution in [0.4, 0.5) is 11.6 Å². The fourth-order valence-electron chi connectivity index (χ4n) is 1.97. The number of benzene rings is 2. The van der Waals surface area contributed by atoms with Crippen molar-refractivity contribution in [2.75, 3.05) is 0 Å². The third-order valence-electron chi connectivity index (χ3n) is 2.95. The molecule has 104 valence electrons. The number of phenolic OH excluding ortho intramolecular Hbond substituents is 1. The summed E-state index contributed by atoms with van der Waals surface area (Å²) in [6, 6.07) is 7.49.